The summed E-state index contributed by atoms with van der Waals surface area (Å²) in [5.41, 5.74) is -0.573. The standard InChI is InChI=1S/C13H22N4O4S/c1-11-9-15(22(19,20)16-6-5-14-10-16)7-8-17(11)12(18)21-13(2,3)4/h5-6,10-11H,7-9H2,1-4H3/t11-/m1/s1. The first kappa shape index (κ1) is 16.8. The summed E-state index contributed by atoms with van der Waals surface area (Å²) >= 11 is 0. The summed E-state index contributed by atoms with van der Waals surface area (Å²) in [4.78, 5) is 17.4. The number of aromatic nitrogens is 2. The van der Waals surface area contributed by atoms with E-state index in [9.17, 15) is 13.2 Å². The lowest BCUT2D eigenvalue weighted by atomic mass is 10.2. The van der Waals surface area contributed by atoms with Crippen LogP contribution in [-0.4, -0.2) is 63.9 Å². The Hall–Kier alpha value is -1.61. The van der Waals surface area contributed by atoms with Gasteiger partial charge in [0.2, 0.25) is 0 Å². The second kappa shape index (κ2) is 5.88. The molecule has 0 unspecified atom stereocenters. The van der Waals surface area contributed by atoms with Crippen LogP contribution in [0.3, 0.4) is 0 Å². The van der Waals surface area contributed by atoms with E-state index in [4.69, 9.17) is 4.74 Å². The minimum absolute atomic E-state index is 0.222. The van der Waals surface area contributed by atoms with E-state index in [0.717, 1.165) is 3.97 Å². The summed E-state index contributed by atoms with van der Waals surface area (Å²) in [7, 11) is -3.63. The molecule has 0 bridgehead atoms. The monoisotopic (exact) mass is 330 g/mol. The molecule has 0 aromatic carbocycles. The number of rotatable bonds is 2. The largest absolute Gasteiger partial charge is 0.444 e. The maximum Gasteiger partial charge on any atom is 0.410 e. The van der Waals surface area contributed by atoms with E-state index >= 15 is 0 Å². The highest BCUT2D eigenvalue weighted by Gasteiger charge is 2.35. The molecule has 2 heterocycles. The van der Waals surface area contributed by atoms with Crippen molar-refractivity contribution in [1.82, 2.24) is 18.2 Å². The summed E-state index contributed by atoms with van der Waals surface area (Å²) < 4.78 is 32.6. The van der Waals surface area contributed by atoms with Gasteiger partial charge in [-0.15, -0.1) is 0 Å². The number of carbonyl (C=O) groups is 1. The van der Waals surface area contributed by atoms with Gasteiger partial charge in [-0.1, -0.05) is 0 Å². The van der Waals surface area contributed by atoms with Crippen LogP contribution in [0.25, 0.3) is 0 Å². The van der Waals surface area contributed by atoms with Crippen LogP contribution < -0.4 is 0 Å². The first-order valence-electron chi connectivity index (χ1n) is 7.09. The SMILES string of the molecule is C[C@@H]1CN(S(=O)(=O)n2ccnc2)CCN1C(=O)OC(C)(C)C. The van der Waals surface area contributed by atoms with Crippen LogP contribution >= 0.6 is 0 Å². The van der Waals surface area contributed by atoms with Crippen molar-refractivity contribution in [3.63, 3.8) is 0 Å². The number of hydrogen-bond donors (Lipinski definition) is 0. The third-order valence-electron chi connectivity index (χ3n) is 3.29. The fourth-order valence-electron chi connectivity index (χ4n) is 2.24. The third kappa shape index (κ3) is 3.58. The average molecular weight is 330 g/mol. The van der Waals surface area contributed by atoms with E-state index in [1.54, 1.807) is 32.6 Å². The molecule has 1 aliphatic rings. The molecule has 1 aromatic heterocycles. The number of hydrogen-bond acceptors (Lipinski definition) is 5. The van der Waals surface area contributed by atoms with E-state index < -0.39 is 21.9 Å². The highest BCUT2D eigenvalue weighted by Crippen LogP contribution is 2.18. The van der Waals surface area contributed by atoms with Gasteiger partial charge in [-0.3, -0.25) is 0 Å². The number of amides is 1. The van der Waals surface area contributed by atoms with Crippen molar-refractivity contribution in [2.75, 3.05) is 19.6 Å². The van der Waals surface area contributed by atoms with Gasteiger partial charge in [0.15, 0.2) is 0 Å². The van der Waals surface area contributed by atoms with Gasteiger partial charge in [0.1, 0.15) is 11.9 Å². The van der Waals surface area contributed by atoms with E-state index in [1.165, 1.54) is 23.0 Å². The van der Waals surface area contributed by atoms with Crippen molar-refractivity contribution in [3.8, 4) is 0 Å². The zero-order valence-electron chi connectivity index (χ0n) is 13.3. The highest BCUT2D eigenvalue weighted by molar-refractivity contribution is 7.87. The van der Waals surface area contributed by atoms with Gasteiger partial charge in [0, 0.05) is 38.1 Å². The molecular formula is C13H22N4O4S. The molecule has 8 nitrogen and oxygen atoms in total. The molecule has 2 rings (SSSR count). The second-order valence-corrected chi connectivity index (χ2v) is 8.11. The van der Waals surface area contributed by atoms with Crippen molar-refractivity contribution in [1.29, 1.82) is 0 Å². The predicted octanol–water partition coefficient (Wildman–Crippen LogP) is 0.917. The zero-order valence-corrected chi connectivity index (χ0v) is 14.1. The molecule has 1 fully saturated rings. The van der Waals surface area contributed by atoms with Crippen molar-refractivity contribution in [3.05, 3.63) is 18.7 Å². The lowest BCUT2D eigenvalue weighted by molar-refractivity contribution is 0.00851. The van der Waals surface area contributed by atoms with Crippen molar-refractivity contribution in [2.45, 2.75) is 39.3 Å². The predicted molar refractivity (Wildman–Crippen MR) is 80.5 cm³/mol. The van der Waals surface area contributed by atoms with E-state index in [1.807, 2.05) is 0 Å². The minimum Gasteiger partial charge on any atom is -0.444 e. The minimum atomic E-state index is -3.63. The molecule has 0 aliphatic carbocycles. The van der Waals surface area contributed by atoms with Gasteiger partial charge >= 0.3 is 16.3 Å². The molecule has 22 heavy (non-hydrogen) atoms. The number of ether oxygens (including phenoxy) is 1. The lowest BCUT2D eigenvalue weighted by Gasteiger charge is -2.39. The normalized spacial score (nSPS) is 20.9. The molecule has 1 aliphatic heterocycles. The van der Waals surface area contributed by atoms with E-state index in [-0.39, 0.29) is 19.1 Å². The third-order valence-corrected chi connectivity index (χ3v) is 5.02. The zero-order chi connectivity index (χ0) is 16.5. The first-order valence-corrected chi connectivity index (χ1v) is 8.49. The molecule has 0 spiro atoms. The summed E-state index contributed by atoms with van der Waals surface area (Å²) in [5.74, 6) is 0. The number of nitrogens with zero attached hydrogens (tertiary/aromatic N) is 4. The quantitative estimate of drug-likeness (QED) is 0.805. The molecule has 0 N–H and O–H groups in total. The van der Waals surface area contributed by atoms with Gasteiger partial charge in [0.05, 0.1) is 0 Å². The maximum atomic E-state index is 12.4. The fourth-order valence-corrected chi connectivity index (χ4v) is 3.61. The van der Waals surface area contributed by atoms with Crippen LogP contribution in [0.5, 0.6) is 0 Å². The van der Waals surface area contributed by atoms with Gasteiger partial charge in [0.25, 0.3) is 0 Å². The van der Waals surface area contributed by atoms with Gasteiger partial charge in [-0.05, 0) is 27.7 Å². The Morgan fingerprint density at radius 2 is 2.00 bits per heavy atom. The Kier molecular flexibility index (Phi) is 4.48. The Morgan fingerprint density at radius 1 is 1.32 bits per heavy atom. The van der Waals surface area contributed by atoms with Crippen molar-refractivity contribution >= 4 is 16.3 Å². The molecule has 1 amide bonds. The second-order valence-electron chi connectivity index (χ2n) is 6.28. The van der Waals surface area contributed by atoms with Crippen molar-refractivity contribution in [2.24, 2.45) is 0 Å². The molecule has 0 saturated carbocycles. The summed E-state index contributed by atoms with van der Waals surface area (Å²) in [6.07, 6.45) is 3.64. The summed E-state index contributed by atoms with van der Waals surface area (Å²) in [6, 6.07) is -0.262. The van der Waals surface area contributed by atoms with Crippen LogP contribution in [-0.2, 0) is 14.9 Å². The molecule has 1 aromatic rings. The molecule has 9 heteroatoms. The molecule has 1 saturated heterocycles. The number of piperazine rings is 1. The lowest BCUT2D eigenvalue weighted by Crippen LogP contribution is -2.56. The van der Waals surface area contributed by atoms with Crippen LogP contribution in [0, 0.1) is 0 Å². The fraction of sp³-hybridized carbons (Fsp3) is 0.692. The summed E-state index contributed by atoms with van der Waals surface area (Å²) in [5, 5.41) is 0. The Balaban J connectivity index is 2.06. The van der Waals surface area contributed by atoms with E-state index in [2.05, 4.69) is 4.98 Å². The molecular weight excluding hydrogens is 308 g/mol. The Morgan fingerprint density at radius 3 is 2.50 bits per heavy atom. The smallest absolute Gasteiger partial charge is 0.410 e. The van der Waals surface area contributed by atoms with Crippen LogP contribution in [0.1, 0.15) is 27.7 Å². The van der Waals surface area contributed by atoms with Crippen molar-refractivity contribution < 1.29 is 17.9 Å². The average Bonchev–Trinajstić information content (AvgIpc) is 2.90. The van der Waals surface area contributed by atoms with Gasteiger partial charge < -0.3 is 9.64 Å². The van der Waals surface area contributed by atoms with Crippen LogP contribution in [0.2, 0.25) is 0 Å². The molecule has 0 radical (unpaired) electrons. The molecule has 124 valence electrons. The Bertz CT molecular complexity index is 621. The highest BCUT2D eigenvalue weighted by atomic mass is 32.2. The number of imidazole rings is 1. The van der Waals surface area contributed by atoms with Gasteiger partial charge in [-0.2, -0.15) is 12.7 Å². The maximum absolute atomic E-state index is 12.4. The van der Waals surface area contributed by atoms with Crippen LogP contribution in [0.15, 0.2) is 18.7 Å². The van der Waals surface area contributed by atoms with E-state index in [0.29, 0.717) is 6.54 Å². The Labute approximate surface area is 130 Å². The van der Waals surface area contributed by atoms with Gasteiger partial charge in [-0.25, -0.2) is 13.8 Å². The molecule has 1 atom stereocenters. The first-order chi connectivity index (χ1) is 10.1. The summed E-state index contributed by atoms with van der Waals surface area (Å²) in [6.45, 7) is 7.95. The van der Waals surface area contributed by atoms with Crippen LogP contribution in [0.4, 0.5) is 4.79 Å². The topological polar surface area (TPSA) is 84.7 Å². The number of carbonyl (C=O) groups excluding carboxylic acids is 1.